The van der Waals surface area contributed by atoms with Gasteiger partial charge in [-0.25, -0.2) is 4.98 Å². The maximum absolute atomic E-state index is 12.1. The van der Waals surface area contributed by atoms with Crippen LogP contribution >= 0.6 is 0 Å². The number of amides is 1. The zero-order valence-corrected chi connectivity index (χ0v) is 15.0. The van der Waals surface area contributed by atoms with Gasteiger partial charge in [-0.15, -0.1) is 0 Å². The van der Waals surface area contributed by atoms with Crippen LogP contribution in [-0.4, -0.2) is 50.1 Å². The maximum atomic E-state index is 12.1. The van der Waals surface area contributed by atoms with Crippen molar-refractivity contribution in [1.82, 2.24) is 35.2 Å². The molecule has 136 valence electrons. The Labute approximate surface area is 148 Å². The van der Waals surface area contributed by atoms with Gasteiger partial charge in [0, 0.05) is 31.7 Å². The summed E-state index contributed by atoms with van der Waals surface area (Å²) in [4.78, 5) is 16.3. The molecule has 1 unspecified atom stereocenters. The Morgan fingerprint density at radius 1 is 1.40 bits per heavy atom. The summed E-state index contributed by atoms with van der Waals surface area (Å²) < 4.78 is 3.60. The minimum Gasteiger partial charge on any atom is -0.354 e. The summed E-state index contributed by atoms with van der Waals surface area (Å²) in [7, 11) is 0. The molecule has 2 aromatic heterocycles. The molecule has 3 heterocycles. The monoisotopic (exact) mass is 345 g/mol. The smallest absolute Gasteiger partial charge is 0.241 e. The molecule has 8 heteroatoms. The molecule has 1 aliphatic rings. The Hall–Kier alpha value is -2.22. The van der Waals surface area contributed by atoms with Crippen LogP contribution < -0.4 is 10.6 Å². The highest BCUT2D eigenvalue weighted by molar-refractivity contribution is 5.75. The van der Waals surface area contributed by atoms with Gasteiger partial charge in [-0.3, -0.25) is 14.2 Å². The van der Waals surface area contributed by atoms with Gasteiger partial charge in [-0.1, -0.05) is 0 Å². The number of hydrogen-bond acceptors (Lipinski definition) is 5. The van der Waals surface area contributed by atoms with Gasteiger partial charge in [0.15, 0.2) is 0 Å². The molecule has 0 saturated carbocycles. The average Bonchev–Trinajstić information content (AvgIpc) is 3.19. The maximum Gasteiger partial charge on any atom is 0.241 e. The standard InChI is InChI=1S/C17H27N7O/c1-13-20-14(2)24(21-13)9-4-8-19-17(25)12-23-10-6-16(22-23)15-5-3-7-18-11-15/h6,10,15,18H,3-5,7-9,11-12H2,1-2H3,(H,19,25). The highest BCUT2D eigenvalue weighted by atomic mass is 16.2. The summed E-state index contributed by atoms with van der Waals surface area (Å²) >= 11 is 0. The topological polar surface area (TPSA) is 89.7 Å². The van der Waals surface area contributed by atoms with Gasteiger partial charge >= 0.3 is 0 Å². The van der Waals surface area contributed by atoms with Crippen molar-refractivity contribution in [2.75, 3.05) is 19.6 Å². The SMILES string of the molecule is Cc1nc(C)n(CCCNC(=O)Cn2ccc(C3CCCNC3)n2)n1. The van der Waals surface area contributed by atoms with Gasteiger partial charge in [0.1, 0.15) is 18.2 Å². The second-order valence-corrected chi connectivity index (χ2v) is 6.61. The molecule has 8 nitrogen and oxygen atoms in total. The number of aryl methyl sites for hydroxylation is 3. The molecule has 1 amide bonds. The fourth-order valence-corrected chi connectivity index (χ4v) is 3.22. The van der Waals surface area contributed by atoms with Crippen molar-refractivity contribution < 1.29 is 4.79 Å². The molecule has 25 heavy (non-hydrogen) atoms. The van der Waals surface area contributed by atoms with Crippen LogP contribution in [0.15, 0.2) is 12.3 Å². The first kappa shape index (κ1) is 17.6. The molecule has 1 fully saturated rings. The van der Waals surface area contributed by atoms with Gasteiger partial charge in [0.2, 0.25) is 5.91 Å². The summed E-state index contributed by atoms with van der Waals surface area (Å²) in [5.41, 5.74) is 1.08. The first-order valence-corrected chi connectivity index (χ1v) is 9.00. The Kier molecular flexibility index (Phi) is 5.80. The minimum atomic E-state index is -0.0112. The number of carbonyl (C=O) groups is 1. The van der Waals surface area contributed by atoms with E-state index in [1.54, 1.807) is 4.68 Å². The van der Waals surface area contributed by atoms with Crippen LogP contribution in [0.5, 0.6) is 0 Å². The van der Waals surface area contributed by atoms with E-state index in [0.717, 1.165) is 49.8 Å². The first-order chi connectivity index (χ1) is 12.1. The molecule has 0 aromatic carbocycles. The third-order valence-corrected chi connectivity index (χ3v) is 4.51. The van der Waals surface area contributed by atoms with Crippen LogP contribution in [0.2, 0.25) is 0 Å². The van der Waals surface area contributed by atoms with E-state index < -0.39 is 0 Å². The van der Waals surface area contributed by atoms with E-state index in [2.05, 4.69) is 25.8 Å². The highest BCUT2D eigenvalue weighted by Crippen LogP contribution is 2.21. The molecule has 2 N–H and O–H groups in total. The van der Waals surface area contributed by atoms with Gasteiger partial charge in [-0.2, -0.15) is 10.2 Å². The molecule has 0 aliphatic carbocycles. The van der Waals surface area contributed by atoms with Gasteiger partial charge in [-0.05, 0) is 45.7 Å². The quantitative estimate of drug-likeness (QED) is 0.723. The van der Waals surface area contributed by atoms with E-state index in [9.17, 15) is 4.79 Å². The lowest BCUT2D eigenvalue weighted by Crippen LogP contribution is -2.30. The van der Waals surface area contributed by atoms with Gasteiger partial charge in [0.25, 0.3) is 0 Å². The van der Waals surface area contributed by atoms with Crippen LogP contribution in [0.4, 0.5) is 0 Å². The zero-order chi connectivity index (χ0) is 17.6. The largest absolute Gasteiger partial charge is 0.354 e. The van der Waals surface area contributed by atoms with E-state index >= 15 is 0 Å². The van der Waals surface area contributed by atoms with Crippen LogP contribution in [-0.2, 0) is 17.9 Å². The van der Waals surface area contributed by atoms with Crippen molar-refractivity contribution in [2.24, 2.45) is 0 Å². The molecule has 2 aromatic rings. The van der Waals surface area contributed by atoms with Crippen molar-refractivity contribution in [2.45, 2.75) is 52.1 Å². The predicted molar refractivity (Wildman–Crippen MR) is 94.2 cm³/mol. The molecule has 1 aliphatic heterocycles. The first-order valence-electron chi connectivity index (χ1n) is 9.00. The number of carbonyl (C=O) groups excluding carboxylic acids is 1. The number of hydrogen-bond donors (Lipinski definition) is 2. The van der Waals surface area contributed by atoms with Crippen LogP contribution in [0.3, 0.4) is 0 Å². The molecule has 0 spiro atoms. The summed E-state index contributed by atoms with van der Waals surface area (Å²) in [6.07, 6.45) is 5.07. The summed E-state index contributed by atoms with van der Waals surface area (Å²) in [5.74, 6) is 2.14. The Bertz CT molecular complexity index is 700. The van der Waals surface area contributed by atoms with Crippen LogP contribution in [0.1, 0.15) is 42.5 Å². The molecule has 3 rings (SSSR count). The second-order valence-electron chi connectivity index (χ2n) is 6.61. The van der Waals surface area contributed by atoms with E-state index in [1.807, 2.05) is 30.8 Å². The summed E-state index contributed by atoms with van der Waals surface area (Å²) in [5, 5.41) is 15.2. The van der Waals surface area contributed by atoms with Gasteiger partial charge < -0.3 is 10.6 Å². The molecule has 1 saturated heterocycles. The Morgan fingerprint density at radius 3 is 3.00 bits per heavy atom. The molecular weight excluding hydrogens is 318 g/mol. The fraction of sp³-hybridized carbons (Fsp3) is 0.647. The highest BCUT2D eigenvalue weighted by Gasteiger charge is 2.17. The third kappa shape index (κ3) is 4.88. The fourth-order valence-electron chi connectivity index (χ4n) is 3.22. The van der Waals surface area contributed by atoms with Crippen molar-refractivity contribution >= 4 is 5.91 Å². The number of piperidine rings is 1. The van der Waals surface area contributed by atoms with E-state index in [-0.39, 0.29) is 12.5 Å². The Balaban J connectivity index is 1.39. The molecular formula is C17H27N7O. The Morgan fingerprint density at radius 2 is 2.28 bits per heavy atom. The average molecular weight is 345 g/mol. The molecule has 0 radical (unpaired) electrons. The van der Waals surface area contributed by atoms with Crippen molar-refractivity contribution in [3.05, 3.63) is 29.6 Å². The number of rotatable bonds is 7. The number of nitrogens with zero attached hydrogens (tertiary/aromatic N) is 5. The lowest BCUT2D eigenvalue weighted by Gasteiger charge is -2.20. The van der Waals surface area contributed by atoms with Crippen molar-refractivity contribution in [3.8, 4) is 0 Å². The van der Waals surface area contributed by atoms with E-state index in [1.165, 1.54) is 6.42 Å². The second kappa shape index (κ2) is 8.24. The van der Waals surface area contributed by atoms with Crippen molar-refractivity contribution in [1.29, 1.82) is 0 Å². The third-order valence-electron chi connectivity index (χ3n) is 4.51. The molecule has 0 bridgehead atoms. The molecule has 1 atom stereocenters. The van der Waals surface area contributed by atoms with Crippen molar-refractivity contribution in [3.63, 3.8) is 0 Å². The normalized spacial score (nSPS) is 17.6. The lowest BCUT2D eigenvalue weighted by molar-refractivity contribution is -0.121. The van der Waals surface area contributed by atoms with Crippen LogP contribution in [0, 0.1) is 13.8 Å². The number of nitrogens with one attached hydrogen (secondary N) is 2. The number of aromatic nitrogens is 5. The minimum absolute atomic E-state index is 0.0112. The lowest BCUT2D eigenvalue weighted by atomic mass is 9.97. The predicted octanol–water partition coefficient (Wildman–Crippen LogP) is 0.765. The van der Waals surface area contributed by atoms with Crippen LogP contribution in [0.25, 0.3) is 0 Å². The zero-order valence-electron chi connectivity index (χ0n) is 15.0. The summed E-state index contributed by atoms with van der Waals surface area (Å²) in [6.45, 7) is 7.54. The van der Waals surface area contributed by atoms with E-state index in [4.69, 9.17) is 0 Å². The van der Waals surface area contributed by atoms with Gasteiger partial charge in [0.05, 0.1) is 5.69 Å². The van der Waals surface area contributed by atoms with E-state index in [0.29, 0.717) is 12.5 Å². The summed E-state index contributed by atoms with van der Waals surface area (Å²) in [6, 6.07) is 2.03.